The van der Waals surface area contributed by atoms with Gasteiger partial charge in [0.2, 0.25) is 0 Å². The van der Waals surface area contributed by atoms with Crippen LogP contribution in [0.1, 0.15) is 49.0 Å². The van der Waals surface area contributed by atoms with Gasteiger partial charge in [-0.25, -0.2) is 0 Å². The molecule has 1 aliphatic rings. The Labute approximate surface area is 127 Å². The number of nitrogens with zero attached hydrogens (tertiary/aromatic N) is 2. The molecule has 0 bridgehead atoms. The first-order valence-electron chi connectivity index (χ1n) is 7.76. The van der Waals surface area contributed by atoms with Crippen molar-refractivity contribution in [3.63, 3.8) is 0 Å². The molecule has 1 heterocycles. The Hall–Kier alpha value is -1.55. The topological polar surface area (TPSA) is 49.6 Å². The zero-order valence-corrected chi connectivity index (χ0v) is 13.6. The fourth-order valence-electron chi connectivity index (χ4n) is 3.11. The molecule has 1 amide bonds. The van der Waals surface area contributed by atoms with E-state index in [2.05, 4.69) is 18.7 Å². The molecule has 21 heavy (non-hydrogen) atoms. The van der Waals surface area contributed by atoms with Crippen LogP contribution in [-0.4, -0.2) is 41.9 Å². The van der Waals surface area contributed by atoms with Crippen LogP contribution in [0, 0.1) is 0 Å². The molecule has 0 radical (unpaired) electrons. The number of carbonyl (C=O) groups is 1. The quantitative estimate of drug-likeness (QED) is 0.870. The summed E-state index contributed by atoms with van der Waals surface area (Å²) in [5, 5.41) is 0. The van der Waals surface area contributed by atoms with Gasteiger partial charge in [-0.2, -0.15) is 0 Å². The molecule has 0 saturated carbocycles. The molecule has 0 aromatic heterocycles. The molecule has 4 nitrogen and oxygen atoms in total. The first kappa shape index (κ1) is 15.8. The van der Waals surface area contributed by atoms with Crippen molar-refractivity contribution in [3.05, 3.63) is 29.3 Å². The molecule has 1 aliphatic heterocycles. The van der Waals surface area contributed by atoms with Crippen molar-refractivity contribution in [3.8, 4) is 0 Å². The number of piperidine rings is 1. The number of hydrogen-bond acceptors (Lipinski definition) is 3. The Morgan fingerprint density at radius 3 is 2.43 bits per heavy atom. The lowest BCUT2D eigenvalue weighted by Gasteiger charge is -2.39. The molecule has 2 atom stereocenters. The molecule has 2 unspecified atom stereocenters. The van der Waals surface area contributed by atoms with Crippen molar-refractivity contribution < 1.29 is 4.79 Å². The van der Waals surface area contributed by atoms with Crippen molar-refractivity contribution in [2.75, 3.05) is 19.8 Å². The van der Waals surface area contributed by atoms with E-state index in [9.17, 15) is 4.79 Å². The second-order valence-electron chi connectivity index (χ2n) is 6.41. The van der Waals surface area contributed by atoms with E-state index < -0.39 is 0 Å². The maximum atomic E-state index is 12.0. The van der Waals surface area contributed by atoms with E-state index in [1.807, 2.05) is 12.1 Å². The number of carbonyl (C=O) groups excluding carboxylic acids is 1. The predicted molar refractivity (Wildman–Crippen MR) is 87.2 cm³/mol. The van der Waals surface area contributed by atoms with Gasteiger partial charge in [0.25, 0.3) is 5.91 Å². The average molecular weight is 289 g/mol. The number of benzene rings is 1. The molecule has 0 aliphatic carbocycles. The van der Waals surface area contributed by atoms with Gasteiger partial charge >= 0.3 is 0 Å². The van der Waals surface area contributed by atoms with Crippen molar-refractivity contribution >= 4 is 11.6 Å². The molecule has 4 heteroatoms. The first-order valence-corrected chi connectivity index (χ1v) is 7.76. The maximum Gasteiger partial charge on any atom is 0.253 e. The van der Waals surface area contributed by atoms with Crippen LogP contribution in [0.4, 0.5) is 5.69 Å². The Morgan fingerprint density at radius 1 is 1.29 bits per heavy atom. The number of amides is 1. The highest BCUT2D eigenvalue weighted by molar-refractivity contribution is 5.94. The van der Waals surface area contributed by atoms with Gasteiger partial charge in [0, 0.05) is 44.0 Å². The van der Waals surface area contributed by atoms with Gasteiger partial charge in [-0.05, 0) is 44.4 Å². The lowest BCUT2D eigenvalue weighted by Crippen LogP contribution is -2.43. The predicted octanol–water partition coefficient (Wildman–Crippen LogP) is 2.73. The minimum Gasteiger partial charge on any atom is -0.398 e. The fraction of sp³-hybridized carbons (Fsp3) is 0.588. The van der Waals surface area contributed by atoms with E-state index in [0.717, 1.165) is 12.1 Å². The van der Waals surface area contributed by atoms with Crippen molar-refractivity contribution in [2.24, 2.45) is 0 Å². The number of nitrogen functional groups attached to an aromatic ring is 1. The van der Waals surface area contributed by atoms with E-state index in [4.69, 9.17) is 5.73 Å². The van der Waals surface area contributed by atoms with Crippen LogP contribution in [-0.2, 0) is 6.54 Å². The summed E-state index contributed by atoms with van der Waals surface area (Å²) in [5.74, 6) is -0.00652. The van der Waals surface area contributed by atoms with Crippen LogP contribution in [0.5, 0.6) is 0 Å². The molecule has 2 N–H and O–H groups in total. The van der Waals surface area contributed by atoms with E-state index >= 15 is 0 Å². The van der Waals surface area contributed by atoms with Crippen molar-refractivity contribution in [2.45, 2.75) is 51.7 Å². The normalized spacial score (nSPS) is 23.0. The Balaban J connectivity index is 2.16. The molecule has 1 aromatic rings. The van der Waals surface area contributed by atoms with Crippen LogP contribution >= 0.6 is 0 Å². The van der Waals surface area contributed by atoms with Gasteiger partial charge in [-0.3, -0.25) is 9.69 Å². The van der Waals surface area contributed by atoms with E-state index in [1.165, 1.54) is 19.3 Å². The van der Waals surface area contributed by atoms with E-state index in [0.29, 0.717) is 23.3 Å². The van der Waals surface area contributed by atoms with Gasteiger partial charge in [-0.1, -0.05) is 12.5 Å². The average Bonchev–Trinajstić information content (AvgIpc) is 2.43. The summed E-state index contributed by atoms with van der Waals surface area (Å²) in [6, 6.07) is 6.87. The van der Waals surface area contributed by atoms with Crippen LogP contribution < -0.4 is 5.73 Å². The van der Waals surface area contributed by atoms with E-state index in [1.54, 1.807) is 25.1 Å². The summed E-state index contributed by atoms with van der Waals surface area (Å²) in [4.78, 5) is 16.1. The minimum absolute atomic E-state index is 0.00652. The summed E-state index contributed by atoms with van der Waals surface area (Å²) in [6.07, 6.45) is 3.81. The van der Waals surface area contributed by atoms with Gasteiger partial charge < -0.3 is 10.6 Å². The van der Waals surface area contributed by atoms with Gasteiger partial charge in [0.05, 0.1) is 0 Å². The highest BCUT2D eigenvalue weighted by Gasteiger charge is 2.25. The number of anilines is 1. The van der Waals surface area contributed by atoms with Gasteiger partial charge in [-0.15, -0.1) is 0 Å². The van der Waals surface area contributed by atoms with Crippen LogP contribution in [0.15, 0.2) is 18.2 Å². The van der Waals surface area contributed by atoms with Crippen LogP contribution in [0.25, 0.3) is 0 Å². The standard InChI is InChI=1S/C17H27N3O/c1-12-6-5-7-13(2)20(12)11-15-9-8-14(10-16(15)18)17(21)19(3)4/h8-10,12-13H,5-7,11,18H2,1-4H3. The number of nitrogens with two attached hydrogens (primary N) is 1. The lowest BCUT2D eigenvalue weighted by molar-refractivity contribution is 0.0827. The van der Waals surface area contributed by atoms with Gasteiger partial charge in [0.15, 0.2) is 0 Å². The molecule has 1 fully saturated rings. The number of hydrogen-bond donors (Lipinski definition) is 1. The molecule has 0 spiro atoms. The molecule has 1 aromatic carbocycles. The zero-order chi connectivity index (χ0) is 15.6. The van der Waals surface area contributed by atoms with Gasteiger partial charge in [0.1, 0.15) is 0 Å². The van der Waals surface area contributed by atoms with Crippen molar-refractivity contribution in [1.29, 1.82) is 0 Å². The Bertz CT molecular complexity index is 503. The largest absolute Gasteiger partial charge is 0.398 e. The first-order chi connectivity index (χ1) is 9.90. The smallest absolute Gasteiger partial charge is 0.253 e. The van der Waals surface area contributed by atoms with Crippen molar-refractivity contribution in [1.82, 2.24) is 9.80 Å². The second kappa shape index (κ2) is 6.48. The number of rotatable bonds is 3. The molecule has 1 saturated heterocycles. The number of likely N-dealkylation sites (tertiary alicyclic amines) is 1. The third-order valence-electron chi connectivity index (χ3n) is 4.53. The Kier molecular flexibility index (Phi) is 4.88. The third kappa shape index (κ3) is 3.56. The minimum atomic E-state index is -0.00652. The summed E-state index contributed by atoms with van der Waals surface area (Å²) >= 11 is 0. The molecular weight excluding hydrogens is 262 g/mol. The van der Waals surface area contributed by atoms with Crippen LogP contribution in [0.3, 0.4) is 0 Å². The lowest BCUT2D eigenvalue weighted by atomic mass is 9.96. The zero-order valence-electron chi connectivity index (χ0n) is 13.6. The summed E-state index contributed by atoms with van der Waals surface area (Å²) in [7, 11) is 3.51. The molecule has 2 rings (SSSR count). The highest BCUT2D eigenvalue weighted by Crippen LogP contribution is 2.26. The van der Waals surface area contributed by atoms with E-state index in [-0.39, 0.29) is 5.91 Å². The SMILES string of the molecule is CC1CCCC(C)N1Cc1ccc(C(=O)N(C)C)cc1N. The van der Waals surface area contributed by atoms with Crippen LogP contribution in [0.2, 0.25) is 0 Å². The molecule has 116 valence electrons. The molecular formula is C17H27N3O. The monoisotopic (exact) mass is 289 g/mol. The highest BCUT2D eigenvalue weighted by atomic mass is 16.2. The fourth-order valence-corrected chi connectivity index (χ4v) is 3.11. The third-order valence-corrected chi connectivity index (χ3v) is 4.53. The second-order valence-corrected chi connectivity index (χ2v) is 6.41. The maximum absolute atomic E-state index is 12.0. The summed E-state index contributed by atoms with van der Waals surface area (Å²) < 4.78 is 0. The summed E-state index contributed by atoms with van der Waals surface area (Å²) in [5.41, 5.74) is 8.66. The summed E-state index contributed by atoms with van der Waals surface area (Å²) in [6.45, 7) is 5.44. The Morgan fingerprint density at radius 2 is 1.90 bits per heavy atom.